The Bertz CT molecular complexity index is 467. The molecule has 4 amide bonds. The van der Waals surface area contributed by atoms with Crippen LogP contribution < -0.4 is 5.32 Å². The second-order valence-corrected chi connectivity index (χ2v) is 7.45. The van der Waals surface area contributed by atoms with E-state index in [-0.39, 0.29) is 16.6 Å². The van der Waals surface area contributed by atoms with Gasteiger partial charge in [-0.15, -0.1) is 0 Å². The van der Waals surface area contributed by atoms with E-state index in [0.29, 0.717) is 19.4 Å². The largest absolute Gasteiger partial charge is 0.330 e. The molecule has 0 aromatic heterocycles. The van der Waals surface area contributed by atoms with Crippen LogP contribution in [-0.2, 0) is 9.59 Å². The van der Waals surface area contributed by atoms with E-state index in [0.717, 1.165) is 32.1 Å². The highest BCUT2D eigenvalue weighted by Crippen LogP contribution is 2.49. The number of barbiturate groups is 1. The number of thioether (sulfide) groups is 1. The van der Waals surface area contributed by atoms with Crippen LogP contribution in [0.2, 0.25) is 0 Å². The lowest BCUT2D eigenvalue weighted by atomic mass is 9.71. The fraction of sp³-hybridized carbons (Fsp3) is 0.786. The summed E-state index contributed by atoms with van der Waals surface area (Å²) in [5.74, 6) is -0.635. The van der Waals surface area contributed by atoms with E-state index in [2.05, 4.69) is 5.32 Å². The fourth-order valence-corrected chi connectivity index (χ4v) is 4.09. The molecule has 1 saturated heterocycles. The standard InChI is InChI=1S/C14H20N2O3S/c1-20-13(7-8-13)9-16-11(18)14(5-3-2-4-6-14)10(17)15-12(16)19/h2-9H2,1H3,(H,15,17,19). The van der Waals surface area contributed by atoms with E-state index in [1.165, 1.54) is 4.90 Å². The number of carbonyl (C=O) groups excluding carboxylic acids is 3. The highest BCUT2D eigenvalue weighted by Gasteiger charge is 2.56. The summed E-state index contributed by atoms with van der Waals surface area (Å²) in [6.45, 7) is 0.438. The molecule has 1 aliphatic heterocycles. The van der Waals surface area contributed by atoms with Gasteiger partial charge in [-0.05, 0) is 31.9 Å². The first-order valence-electron chi connectivity index (χ1n) is 7.26. The minimum absolute atomic E-state index is 0.0310. The molecule has 110 valence electrons. The van der Waals surface area contributed by atoms with E-state index in [4.69, 9.17) is 0 Å². The number of nitrogens with zero attached hydrogens (tertiary/aromatic N) is 1. The van der Waals surface area contributed by atoms with Gasteiger partial charge in [0.25, 0.3) is 0 Å². The minimum atomic E-state index is -0.972. The van der Waals surface area contributed by atoms with Gasteiger partial charge in [-0.25, -0.2) is 4.79 Å². The lowest BCUT2D eigenvalue weighted by Gasteiger charge is -2.42. The summed E-state index contributed by atoms with van der Waals surface area (Å²) < 4.78 is 0.0310. The number of hydrogen-bond acceptors (Lipinski definition) is 4. The number of imide groups is 2. The molecule has 5 nitrogen and oxygen atoms in total. The Labute approximate surface area is 122 Å². The molecule has 2 aliphatic carbocycles. The van der Waals surface area contributed by atoms with Gasteiger partial charge < -0.3 is 0 Å². The molecule has 3 aliphatic rings. The van der Waals surface area contributed by atoms with Crippen molar-refractivity contribution in [2.75, 3.05) is 12.8 Å². The van der Waals surface area contributed by atoms with Crippen LogP contribution in [0.1, 0.15) is 44.9 Å². The van der Waals surface area contributed by atoms with Crippen molar-refractivity contribution in [3.05, 3.63) is 0 Å². The molecule has 0 aromatic rings. The fourth-order valence-electron chi connectivity index (χ4n) is 3.33. The molecule has 20 heavy (non-hydrogen) atoms. The molecular formula is C14H20N2O3S. The first-order valence-corrected chi connectivity index (χ1v) is 8.48. The van der Waals surface area contributed by atoms with Crippen molar-refractivity contribution in [1.29, 1.82) is 0 Å². The van der Waals surface area contributed by atoms with Crippen LogP contribution in [0.15, 0.2) is 0 Å². The summed E-state index contributed by atoms with van der Waals surface area (Å²) in [5.41, 5.74) is -0.972. The Morgan fingerprint density at radius 2 is 1.75 bits per heavy atom. The molecule has 1 N–H and O–H groups in total. The van der Waals surface area contributed by atoms with Crippen LogP contribution in [0.5, 0.6) is 0 Å². The first kappa shape index (κ1) is 13.9. The normalized spacial score (nSPS) is 27.6. The maximum absolute atomic E-state index is 12.8. The molecule has 1 heterocycles. The Hall–Kier alpha value is -1.04. The van der Waals surface area contributed by atoms with Crippen LogP contribution in [0, 0.1) is 5.41 Å². The van der Waals surface area contributed by atoms with Crippen molar-refractivity contribution in [2.45, 2.75) is 49.7 Å². The maximum atomic E-state index is 12.8. The third-order valence-corrected chi connectivity index (χ3v) is 6.35. The van der Waals surface area contributed by atoms with Crippen molar-refractivity contribution in [3.63, 3.8) is 0 Å². The topological polar surface area (TPSA) is 66.5 Å². The summed E-state index contributed by atoms with van der Waals surface area (Å²) in [4.78, 5) is 38.3. The molecule has 2 saturated carbocycles. The molecule has 0 aromatic carbocycles. The summed E-state index contributed by atoms with van der Waals surface area (Å²) in [5, 5.41) is 2.41. The van der Waals surface area contributed by atoms with Gasteiger partial charge in [0, 0.05) is 11.3 Å². The highest BCUT2D eigenvalue weighted by molar-refractivity contribution is 8.00. The lowest BCUT2D eigenvalue weighted by molar-refractivity contribution is -0.154. The van der Waals surface area contributed by atoms with Crippen molar-refractivity contribution in [3.8, 4) is 0 Å². The predicted molar refractivity (Wildman–Crippen MR) is 76.2 cm³/mol. The van der Waals surface area contributed by atoms with E-state index >= 15 is 0 Å². The van der Waals surface area contributed by atoms with Crippen LogP contribution in [0.25, 0.3) is 0 Å². The van der Waals surface area contributed by atoms with Crippen LogP contribution >= 0.6 is 11.8 Å². The van der Waals surface area contributed by atoms with Gasteiger partial charge in [0.2, 0.25) is 11.8 Å². The number of rotatable bonds is 3. The third kappa shape index (κ3) is 2.05. The molecule has 6 heteroatoms. The number of nitrogens with one attached hydrogen (secondary N) is 1. The Balaban J connectivity index is 1.85. The lowest BCUT2D eigenvalue weighted by Crippen LogP contribution is -2.65. The second-order valence-electron chi connectivity index (χ2n) is 6.18. The first-order chi connectivity index (χ1) is 9.53. The zero-order valence-electron chi connectivity index (χ0n) is 11.7. The second kappa shape index (κ2) is 4.76. The molecule has 1 spiro atoms. The van der Waals surface area contributed by atoms with Crippen molar-refractivity contribution < 1.29 is 14.4 Å². The van der Waals surface area contributed by atoms with Gasteiger partial charge in [0.1, 0.15) is 5.41 Å². The molecular weight excluding hydrogens is 276 g/mol. The van der Waals surface area contributed by atoms with Crippen LogP contribution in [0.4, 0.5) is 4.79 Å². The number of urea groups is 1. The summed E-state index contributed by atoms with van der Waals surface area (Å²) >= 11 is 1.71. The summed E-state index contributed by atoms with van der Waals surface area (Å²) in [6, 6.07) is -0.531. The van der Waals surface area contributed by atoms with Crippen LogP contribution in [0.3, 0.4) is 0 Å². The van der Waals surface area contributed by atoms with Crippen molar-refractivity contribution in [2.24, 2.45) is 5.41 Å². The SMILES string of the molecule is CSC1(CN2C(=O)NC(=O)C3(CCCCC3)C2=O)CC1. The molecule has 3 fully saturated rings. The van der Waals surface area contributed by atoms with E-state index in [1.807, 2.05) is 6.26 Å². The van der Waals surface area contributed by atoms with Crippen LogP contribution in [-0.4, -0.2) is 40.3 Å². The minimum Gasteiger partial charge on any atom is -0.277 e. The van der Waals surface area contributed by atoms with E-state index in [9.17, 15) is 14.4 Å². The Morgan fingerprint density at radius 1 is 1.10 bits per heavy atom. The van der Waals surface area contributed by atoms with Crippen molar-refractivity contribution in [1.82, 2.24) is 10.2 Å². The average Bonchev–Trinajstić information content (AvgIpc) is 3.23. The number of hydrogen-bond donors (Lipinski definition) is 1. The maximum Gasteiger partial charge on any atom is 0.330 e. The van der Waals surface area contributed by atoms with Crippen molar-refractivity contribution >= 4 is 29.6 Å². The third-order valence-electron chi connectivity index (χ3n) is 4.95. The highest BCUT2D eigenvalue weighted by atomic mass is 32.2. The van der Waals surface area contributed by atoms with Gasteiger partial charge in [-0.3, -0.25) is 19.8 Å². The van der Waals surface area contributed by atoms with E-state index in [1.54, 1.807) is 11.8 Å². The van der Waals surface area contributed by atoms with Gasteiger partial charge in [0.05, 0.1) is 0 Å². The smallest absolute Gasteiger partial charge is 0.277 e. The molecule has 0 unspecified atom stereocenters. The Morgan fingerprint density at radius 3 is 2.30 bits per heavy atom. The van der Waals surface area contributed by atoms with Gasteiger partial charge in [-0.1, -0.05) is 19.3 Å². The monoisotopic (exact) mass is 296 g/mol. The number of amides is 4. The molecule has 0 atom stereocenters. The molecule has 0 radical (unpaired) electrons. The summed E-state index contributed by atoms with van der Waals surface area (Å²) in [6.07, 6.45) is 8.06. The number of carbonyl (C=O) groups is 3. The van der Waals surface area contributed by atoms with Gasteiger partial charge in [0.15, 0.2) is 0 Å². The molecule has 0 bridgehead atoms. The zero-order valence-corrected chi connectivity index (χ0v) is 12.6. The van der Waals surface area contributed by atoms with Gasteiger partial charge in [-0.2, -0.15) is 11.8 Å². The van der Waals surface area contributed by atoms with Gasteiger partial charge >= 0.3 is 6.03 Å². The Kier molecular flexibility index (Phi) is 3.31. The average molecular weight is 296 g/mol. The van der Waals surface area contributed by atoms with E-state index < -0.39 is 11.4 Å². The predicted octanol–water partition coefficient (Wildman–Crippen LogP) is 1.91. The quantitative estimate of drug-likeness (QED) is 0.808. The zero-order chi connectivity index (χ0) is 14.4. The molecule has 3 rings (SSSR count). The summed E-state index contributed by atoms with van der Waals surface area (Å²) in [7, 11) is 0.